The van der Waals surface area contributed by atoms with Crippen LogP contribution < -0.4 is 15.2 Å². The van der Waals surface area contributed by atoms with Crippen LogP contribution in [0, 0.1) is 0 Å². The van der Waals surface area contributed by atoms with Gasteiger partial charge in [-0.25, -0.2) is 0 Å². The van der Waals surface area contributed by atoms with Gasteiger partial charge in [0.1, 0.15) is 0 Å². The Morgan fingerprint density at radius 1 is 1.33 bits per heavy atom. The first-order chi connectivity index (χ1) is 11.5. The molecule has 2 amide bonds. The number of ether oxygens (including phenoxy) is 2. The van der Waals surface area contributed by atoms with E-state index in [-0.39, 0.29) is 11.9 Å². The van der Waals surface area contributed by atoms with Gasteiger partial charge in [-0.15, -0.1) is 0 Å². The molecule has 0 fully saturated rings. The normalized spacial score (nSPS) is 18.9. The van der Waals surface area contributed by atoms with Crippen LogP contribution in [0.25, 0.3) is 0 Å². The zero-order valence-electron chi connectivity index (χ0n) is 13.4. The van der Waals surface area contributed by atoms with Crippen LogP contribution >= 0.6 is 0 Å². The van der Waals surface area contributed by atoms with Gasteiger partial charge in [0.2, 0.25) is 5.91 Å². The molecule has 1 atom stereocenters. The predicted octanol–water partition coefficient (Wildman–Crippen LogP) is 1.56. The maximum absolute atomic E-state index is 12.9. The van der Waals surface area contributed by atoms with Gasteiger partial charge in [-0.3, -0.25) is 14.6 Å². The Morgan fingerprint density at radius 3 is 2.71 bits per heavy atom. The summed E-state index contributed by atoms with van der Waals surface area (Å²) in [6, 6.07) is 3.11. The molecule has 1 aromatic carbocycles. The molecule has 0 aromatic heterocycles. The molecule has 7 nitrogen and oxygen atoms in total. The standard InChI is InChI=1S/C17H17N3O4/c1-23-14-6-12-13(7-15(14)24-2)19-8-11-5-10(3-4-16(18)21)9-20(11)17(12)22/h3-4,6-9,11H,5H2,1-2H3,(H2,18,21)/b4-3+/t11-/m0/s1. The van der Waals surface area contributed by atoms with Crippen molar-refractivity contribution in [2.24, 2.45) is 10.7 Å². The monoisotopic (exact) mass is 327 g/mol. The second-order valence-corrected chi connectivity index (χ2v) is 5.43. The van der Waals surface area contributed by atoms with Gasteiger partial charge < -0.3 is 20.1 Å². The number of fused-ring (bicyclic) bond motifs is 2. The lowest BCUT2D eigenvalue weighted by atomic mass is 10.1. The van der Waals surface area contributed by atoms with Crippen LogP contribution in [0.2, 0.25) is 0 Å². The first kappa shape index (κ1) is 15.8. The number of amides is 2. The third-order valence-corrected chi connectivity index (χ3v) is 3.92. The summed E-state index contributed by atoms with van der Waals surface area (Å²) in [4.78, 5) is 29.7. The van der Waals surface area contributed by atoms with Gasteiger partial charge in [0.25, 0.3) is 5.91 Å². The summed E-state index contributed by atoms with van der Waals surface area (Å²) in [7, 11) is 3.05. The van der Waals surface area contributed by atoms with E-state index in [1.165, 1.54) is 20.3 Å². The number of benzene rings is 1. The first-order valence-electron chi connectivity index (χ1n) is 7.34. The molecule has 0 radical (unpaired) electrons. The highest BCUT2D eigenvalue weighted by molar-refractivity contribution is 6.04. The number of nitrogens with zero attached hydrogens (tertiary/aromatic N) is 2. The first-order valence-corrected chi connectivity index (χ1v) is 7.34. The molecule has 0 saturated carbocycles. The summed E-state index contributed by atoms with van der Waals surface area (Å²) in [5, 5.41) is 0. The van der Waals surface area contributed by atoms with E-state index < -0.39 is 5.91 Å². The summed E-state index contributed by atoms with van der Waals surface area (Å²) in [5.41, 5.74) is 6.91. The van der Waals surface area contributed by atoms with Gasteiger partial charge >= 0.3 is 0 Å². The number of rotatable bonds is 4. The maximum Gasteiger partial charge on any atom is 0.260 e. The number of aliphatic imine (C=N–C) groups is 1. The van der Waals surface area contributed by atoms with Crippen molar-refractivity contribution in [1.29, 1.82) is 0 Å². The van der Waals surface area contributed by atoms with Crippen LogP contribution in [-0.2, 0) is 4.79 Å². The van der Waals surface area contributed by atoms with Crippen molar-refractivity contribution in [2.75, 3.05) is 14.2 Å². The van der Waals surface area contributed by atoms with Crippen molar-refractivity contribution < 1.29 is 19.1 Å². The zero-order valence-corrected chi connectivity index (χ0v) is 13.4. The molecule has 124 valence electrons. The van der Waals surface area contributed by atoms with E-state index in [2.05, 4.69) is 4.99 Å². The minimum absolute atomic E-state index is 0.184. The van der Waals surface area contributed by atoms with Crippen molar-refractivity contribution in [2.45, 2.75) is 12.5 Å². The lowest BCUT2D eigenvalue weighted by Gasteiger charge is -2.18. The highest BCUT2D eigenvalue weighted by Crippen LogP contribution is 2.38. The molecule has 24 heavy (non-hydrogen) atoms. The fraction of sp³-hybridized carbons (Fsp3) is 0.235. The van der Waals surface area contributed by atoms with Crippen LogP contribution in [0.15, 0.2) is 41.1 Å². The van der Waals surface area contributed by atoms with Gasteiger partial charge in [0, 0.05) is 24.6 Å². The predicted molar refractivity (Wildman–Crippen MR) is 88.7 cm³/mol. The Morgan fingerprint density at radius 2 is 2.04 bits per heavy atom. The van der Waals surface area contributed by atoms with E-state index in [1.807, 2.05) is 0 Å². The molecule has 3 rings (SSSR count). The molecule has 2 N–H and O–H groups in total. The molecule has 0 unspecified atom stereocenters. The Kier molecular flexibility index (Phi) is 4.07. The lowest BCUT2D eigenvalue weighted by molar-refractivity contribution is -0.113. The fourth-order valence-corrected chi connectivity index (χ4v) is 2.75. The number of primary amides is 1. The van der Waals surface area contributed by atoms with E-state index in [9.17, 15) is 9.59 Å². The molecular weight excluding hydrogens is 310 g/mol. The van der Waals surface area contributed by atoms with Gasteiger partial charge in [-0.05, 0) is 18.1 Å². The van der Waals surface area contributed by atoms with Crippen molar-refractivity contribution >= 4 is 23.7 Å². The van der Waals surface area contributed by atoms with E-state index >= 15 is 0 Å². The SMILES string of the molecule is COc1cc2c(cc1OC)C(=O)N1C=C(/C=C/C(N)=O)C[C@H]1C=N2. The highest BCUT2D eigenvalue weighted by atomic mass is 16.5. The molecule has 1 aromatic rings. The van der Waals surface area contributed by atoms with Gasteiger partial charge in [-0.2, -0.15) is 0 Å². The summed E-state index contributed by atoms with van der Waals surface area (Å²) in [6.45, 7) is 0. The second-order valence-electron chi connectivity index (χ2n) is 5.43. The largest absolute Gasteiger partial charge is 0.493 e. The van der Waals surface area contributed by atoms with Gasteiger partial charge in [0.15, 0.2) is 11.5 Å². The van der Waals surface area contributed by atoms with Crippen molar-refractivity contribution in [3.05, 3.63) is 41.6 Å². The summed E-state index contributed by atoms with van der Waals surface area (Å²) >= 11 is 0. The number of allylic oxidation sites excluding steroid dienone is 1. The van der Waals surface area contributed by atoms with E-state index in [1.54, 1.807) is 35.5 Å². The molecule has 2 aliphatic rings. The topological polar surface area (TPSA) is 94.2 Å². The van der Waals surface area contributed by atoms with E-state index in [0.717, 1.165) is 5.57 Å². The van der Waals surface area contributed by atoms with Crippen molar-refractivity contribution in [3.63, 3.8) is 0 Å². The maximum atomic E-state index is 12.9. The van der Waals surface area contributed by atoms with Crippen LogP contribution in [0.5, 0.6) is 11.5 Å². The van der Waals surface area contributed by atoms with Crippen molar-refractivity contribution in [1.82, 2.24) is 4.90 Å². The quantitative estimate of drug-likeness (QED) is 0.849. The molecule has 7 heteroatoms. The van der Waals surface area contributed by atoms with Gasteiger partial charge in [-0.1, -0.05) is 6.08 Å². The van der Waals surface area contributed by atoms with Crippen LogP contribution in [0.3, 0.4) is 0 Å². The van der Waals surface area contributed by atoms with Crippen LogP contribution in [0.4, 0.5) is 5.69 Å². The number of hydrogen-bond donors (Lipinski definition) is 1. The average Bonchev–Trinajstić information content (AvgIpc) is 2.94. The highest BCUT2D eigenvalue weighted by Gasteiger charge is 2.32. The molecular formula is C17H17N3O4. The third kappa shape index (κ3) is 2.76. The van der Waals surface area contributed by atoms with Crippen molar-refractivity contribution in [3.8, 4) is 11.5 Å². The Labute approximate surface area is 139 Å². The number of carbonyl (C=O) groups is 2. The van der Waals surface area contributed by atoms with Crippen LogP contribution in [0.1, 0.15) is 16.8 Å². The fourth-order valence-electron chi connectivity index (χ4n) is 2.75. The van der Waals surface area contributed by atoms with E-state index in [4.69, 9.17) is 15.2 Å². The zero-order chi connectivity index (χ0) is 17.3. The molecule has 0 aliphatic carbocycles. The number of nitrogens with two attached hydrogens (primary N) is 1. The molecule has 0 spiro atoms. The minimum atomic E-state index is -0.528. The number of carbonyl (C=O) groups excluding carboxylic acids is 2. The minimum Gasteiger partial charge on any atom is -0.493 e. The average molecular weight is 327 g/mol. The Balaban J connectivity index is 1.99. The Bertz CT molecular complexity index is 795. The summed E-state index contributed by atoms with van der Waals surface area (Å²) in [6.07, 6.45) is 6.90. The number of methoxy groups -OCH3 is 2. The van der Waals surface area contributed by atoms with Crippen LogP contribution in [-0.4, -0.2) is 43.2 Å². The third-order valence-electron chi connectivity index (χ3n) is 3.92. The molecule has 2 heterocycles. The molecule has 2 aliphatic heterocycles. The van der Waals surface area contributed by atoms with Gasteiger partial charge in [0.05, 0.1) is 31.5 Å². The summed E-state index contributed by atoms with van der Waals surface area (Å²) in [5.74, 6) is 0.273. The molecule has 0 bridgehead atoms. The second kappa shape index (κ2) is 6.19. The summed E-state index contributed by atoms with van der Waals surface area (Å²) < 4.78 is 10.5. The number of hydrogen-bond acceptors (Lipinski definition) is 5. The molecule has 0 saturated heterocycles. The lowest BCUT2D eigenvalue weighted by Crippen LogP contribution is -2.32. The Hall–Kier alpha value is -3.09. The van der Waals surface area contributed by atoms with E-state index in [0.29, 0.717) is 29.2 Å². The smallest absolute Gasteiger partial charge is 0.260 e.